The quantitative estimate of drug-likeness (QED) is 0.854. The van der Waals surface area contributed by atoms with Gasteiger partial charge >= 0.3 is 0 Å². The third-order valence-corrected chi connectivity index (χ3v) is 4.13. The monoisotopic (exact) mass is 321 g/mol. The summed E-state index contributed by atoms with van der Waals surface area (Å²) in [5, 5.41) is 12.0. The summed E-state index contributed by atoms with van der Waals surface area (Å²) in [7, 11) is 0. The van der Waals surface area contributed by atoms with Gasteiger partial charge in [0.2, 0.25) is 0 Å². The van der Waals surface area contributed by atoms with Gasteiger partial charge in [-0.3, -0.25) is 0 Å². The van der Waals surface area contributed by atoms with Crippen LogP contribution in [0.2, 0.25) is 5.02 Å². The minimum absolute atomic E-state index is 0.0342. The Morgan fingerprint density at radius 2 is 2.25 bits per heavy atom. The molecule has 0 aliphatic rings. The first-order valence-electron chi connectivity index (χ1n) is 4.32. The number of hydrogen-bond donors (Lipinski definition) is 1. The molecule has 1 N–H and O–H groups in total. The van der Waals surface area contributed by atoms with Gasteiger partial charge in [0.05, 0.1) is 5.02 Å². The lowest BCUT2D eigenvalue weighted by Crippen LogP contribution is -2.02. The molecule has 0 fully saturated rings. The number of aromatic nitrogens is 1. The summed E-state index contributed by atoms with van der Waals surface area (Å²) >= 11 is 10.1. The number of rotatable bonds is 2. The van der Waals surface area contributed by atoms with E-state index in [4.69, 9.17) is 11.6 Å². The highest BCUT2D eigenvalue weighted by Crippen LogP contribution is 2.33. The molecule has 2 aromatic rings. The highest BCUT2D eigenvalue weighted by Gasteiger charge is 2.20. The molecule has 1 aromatic heterocycles. The van der Waals surface area contributed by atoms with E-state index in [1.807, 2.05) is 0 Å². The molecule has 0 aliphatic carbocycles. The van der Waals surface area contributed by atoms with Crippen LogP contribution in [0.5, 0.6) is 0 Å². The van der Waals surface area contributed by atoms with Crippen LogP contribution in [0.1, 0.15) is 16.7 Å². The molecule has 0 radical (unpaired) electrons. The molecule has 1 heterocycles. The Hall–Kier alpha value is -0.490. The van der Waals surface area contributed by atoms with E-state index in [1.165, 1.54) is 17.4 Å². The molecule has 1 atom stereocenters. The van der Waals surface area contributed by atoms with Gasteiger partial charge in [0.25, 0.3) is 0 Å². The van der Waals surface area contributed by atoms with E-state index in [1.54, 1.807) is 17.6 Å². The lowest BCUT2D eigenvalue weighted by molar-refractivity contribution is 0.214. The molecule has 16 heavy (non-hydrogen) atoms. The predicted molar refractivity (Wildman–Crippen MR) is 65.3 cm³/mol. The van der Waals surface area contributed by atoms with Crippen LogP contribution in [0, 0.1) is 5.82 Å². The molecule has 0 bridgehead atoms. The smallest absolute Gasteiger partial charge is 0.149 e. The van der Waals surface area contributed by atoms with Gasteiger partial charge in [0.1, 0.15) is 16.9 Å². The van der Waals surface area contributed by atoms with Gasteiger partial charge in [-0.2, -0.15) is 0 Å². The maximum atomic E-state index is 13.8. The Labute approximate surface area is 109 Å². The first-order valence-corrected chi connectivity index (χ1v) is 6.37. The summed E-state index contributed by atoms with van der Waals surface area (Å²) < 4.78 is 14.2. The highest BCUT2D eigenvalue weighted by molar-refractivity contribution is 9.10. The van der Waals surface area contributed by atoms with Crippen molar-refractivity contribution < 1.29 is 9.50 Å². The molecule has 6 heteroatoms. The van der Waals surface area contributed by atoms with E-state index in [2.05, 4.69) is 20.9 Å². The van der Waals surface area contributed by atoms with Gasteiger partial charge < -0.3 is 5.11 Å². The van der Waals surface area contributed by atoms with E-state index in [9.17, 15) is 9.50 Å². The summed E-state index contributed by atoms with van der Waals surface area (Å²) in [5.41, 5.74) is 0.128. The molecule has 0 saturated heterocycles. The minimum atomic E-state index is -1.08. The molecule has 0 spiro atoms. The normalized spacial score (nSPS) is 12.8. The first-order chi connectivity index (χ1) is 7.61. The van der Waals surface area contributed by atoms with Gasteiger partial charge in [-0.05, 0) is 22.0 Å². The van der Waals surface area contributed by atoms with E-state index < -0.39 is 11.9 Å². The number of thiazole rings is 1. The van der Waals surface area contributed by atoms with Gasteiger partial charge in [0, 0.05) is 21.6 Å². The Kier molecular flexibility index (Phi) is 3.59. The van der Waals surface area contributed by atoms with Crippen molar-refractivity contribution in [2.75, 3.05) is 0 Å². The van der Waals surface area contributed by atoms with Crippen molar-refractivity contribution in [1.82, 2.24) is 4.98 Å². The fraction of sp³-hybridized carbons (Fsp3) is 0.100. The SMILES string of the molecule is OC(c1nccs1)c1ccc(Br)c(Cl)c1F. The number of aliphatic hydroxyl groups excluding tert-OH is 1. The lowest BCUT2D eigenvalue weighted by Gasteiger charge is -2.10. The molecule has 2 rings (SSSR count). The Bertz CT molecular complexity index is 506. The summed E-state index contributed by atoms with van der Waals surface area (Å²) in [4.78, 5) is 3.93. The van der Waals surface area contributed by atoms with Crippen molar-refractivity contribution >= 4 is 38.9 Å². The van der Waals surface area contributed by atoms with Crippen molar-refractivity contribution in [2.45, 2.75) is 6.10 Å². The van der Waals surface area contributed by atoms with Gasteiger partial charge in [-0.25, -0.2) is 9.37 Å². The molecular formula is C10H6BrClFNOS. The Morgan fingerprint density at radius 3 is 2.88 bits per heavy atom. The zero-order chi connectivity index (χ0) is 11.7. The third kappa shape index (κ3) is 2.13. The average Bonchev–Trinajstić information content (AvgIpc) is 2.79. The number of nitrogens with zero attached hydrogens (tertiary/aromatic N) is 1. The van der Waals surface area contributed by atoms with Crippen molar-refractivity contribution in [3.63, 3.8) is 0 Å². The fourth-order valence-corrected chi connectivity index (χ4v) is 2.37. The summed E-state index contributed by atoms with van der Waals surface area (Å²) in [6.45, 7) is 0. The Balaban J connectivity index is 2.45. The summed E-state index contributed by atoms with van der Waals surface area (Å²) in [6.07, 6.45) is 0.479. The average molecular weight is 323 g/mol. The zero-order valence-electron chi connectivity index (χ0n) is 7.82. The van der Waals surface area contributed by atoms with Gasteiger partial charge in [-0.15, -0.1) is 11.3 Å². The lowest BCUT2D eigenvalue weighted by atomic mass is 10.1. The second-order valence-electron chi connectivity index (χ2n) is 3.04. The number of benzene rings is 1. The van der Waals surface area contributed by atoms with Crippen LogP contribution in [-0.2, 0) is 0 Å². The van der Waals surface area contributed by atoms with E-state index in [0.29, 0.717) is 9.48 Å². The highest BCUT2D eigenvalue weighted by atomic mass is 79.9. The molecule has 84 valence electrons. The van der Waals surface area contributed by atoms with E-state index in [0.717, 1.165) is 0 Å². The maximum Gasteiger partial charge on any atom is 0.149 e. The van der Waals surface area contributed by atoms with Crippen molar-refractivity contribution in [3.05, 3.63) is 49.6 Å². The second kappa shape index (κ2) is 4.79. The zero-order valence-corrected chi connectivity index (χ0v) is 11.0. The van der Waals surface area contributed by atoms with Gasteiger partial charge in [0.15, 0.2) is 0 Å². The Morgan fingerprint density at radius 1 is 1.50 bits per heavy atom. The maximum absolute atomic E-state index is 13.8. The van der Waals surface area contributed by atoms with Crippen LogP contribution < -0.4 is 0 Å². The van der Waals surface area contributed by atoms with Crippen LogP contribution in [0.15, 0.2) is 28.2 Å². The number of halogens is 3. The number of hydrogen-bond acceptors (Lipinski definition) is 3. The largest absolute Gasteiger partial charge is 0.381 e. The topological polar surface area (TPSA) is 33.1 Å². The number of aliphatic hydroxyl groups is 1. The van der Waals surface area contributed by atoms with E-state index >= 15 is 0 Å². The van der Waals surface area contributed by atoms with Crippen LogP contribution in [0.25, 0.3) is 0 Å². The second-order valence-corrected chi connectivity index (χ2v) is 5.20. The van der Waals surface area contributed by atoms with Crippen molar-refractivity contribution in [3.8, 4) is 0 Å². The van der Waals surface area contributed by atoms with Crippen LogP contribution in [0.4, 0.5) is 4.39 Å². The molecule has 1 unspecified atom stereocenters. The minimum Gasteiger partial charge on any atom is -0.381 e. The van der Waals surface area contributed by atoms with Gasteiger partial charge in [-0.1, -0.05) is 17.7 Å². The predicted octanol–water partition coefficient (Wildman–Crippen LogP) is 3.78. The molecule has 0 aliphatic heterocycles. The fourth-order valence-electron chi connectivity index (χ4n) is 1.25. The van der Waals surface area contributed by atoms with E-state index in [-0.39, 0.29) is 10.6 Å². The van der Waals surface area contributed by atoms with Crippen molar-refractivity contribution in [2.24, 2.45) is 0 Å². The van der Waals surface area contributed by atoms with Crippen LogP contribution in [-0.4, -0.2) is 10.1 Å². The summed E-state index contributed by atoms with van der Waals surface area (Å²) in [6, 6.07) is 3.08. The van der Waals surface area contributed by atoms with Crippen LogP contribution in [0.3, 0.4) is 0 Å². The van der Waals surface area contributed by atoms with Crippen molar-refractivity contribution in [1.29, 1.82) is 0 Å². The molecule has 1 aromatic carbocycles. The summed E-state index contributed by atoms with van der Waals surface area (Å²) in [5.74, 6) is -0.626. The molecule has 0 amide bonds. The standard InChI is InChI=1S/C10H6BrClFNOS/c11-6-2-1-5(8(13)7(6)12)9(15)10-14-3-4-16-10/h1-4,9,15H. The molecular weight excluding hydrogens is 317 g/mol. The van der Waals surface area contributed by atoms with Crippen LogP contribution >= 0.6 is 38.9 Å². The molecule has 2 nitrogen and oxygen atoms in total. The molecule has 0 saturated carbocycles. The first kappa shape index (κ1) is 12.0. The third-order valence-electron chi connectivity index (χ3n) is 2.04.